The highest BCUT2D eigenvalue weighted by atomic mass is 35.5. The second kappa shape index (κ2) is 8.92. The van der Waals surface area contributed by atoms with Gasteiger partial charge in [0.05, 0.1) is 11.9 Å². The number of nitrogens with zero attached hydrogens (tertiary/aromatic N) is 1. The van der Waals surface area contributed by atoms with E-state index in [1.807, 2.05) is 29.2 Å². The minimum absolute atomic E-state index is 0.0562. The molecule has 2 amide bonds. The van der Waals surface area contributed by atoms with Crippen LogP contribution in [-0.4, -0.2) is 54.0 Å². The Morgan fingerprint density at radius 1 is 1.32 bits per heavy atom. The second-order valence-electron chi connectivity index (χ2n) is 6.63. The number of hydrogen-bond acceptors (Lipinski definition) is 4. The first-order valence-electron chi connectivity index (χ1n) is 8.73. The van der Waals surface area contributed by atoms with Crippen molar-refractivity contribution in [1.29, 1.82) is 0 Å². The van der Waals surface area contributed by atoms with Crippen LogP contribution >= 0.6 is 23.4 Å². The molecular formula is C18H24ClN3O2S. The highest BCUT2D eigenvalue weighted by molar-refractivity contribution is 7.99. The molecule has 2 fully saturated rings. The van der Waals surface area contributed by atoms with Gasteiger partial charge in [-0.1, -0.05) is 23.7 Å². The van der Waals surface area contributed by atoms with Gasteiger partial charge in [0.1, 0.15) is 0 Å². The SMILES string of the molecule is O=C(CCc1ccc(Cl)cc1)NC[C@@H]1CN[C@H](C(=O)N2CCSC2)C1. The fourth-order valence-electron chi connectivity index (χ4n) is 3.22. The molecule has 1 aromatic carbocycles. The highest BCUT2D eigenvalue weighted by Crippen LogP contribution is 2.20. The van der Waals surface area contributed by atoms with Crippen LogP contribution < -0.4 is 10.6 Å². The van der Waals surface area contributed by atoms with Gasteiger partial charge in [-0.2, -0.15) is 0 Å². The summed E-state index contributed by atoms with van der Waals surface area (Å²) in [6.45, 7) is 2.27. The summed E-state index contributed by atoms with van der Waals surface area (Å²) in [4.78, 5) is 26.3. The molecule has 2 heterocycles. The lowest BCUT2D eigenvalue weighted by molar-refractivity contribution is -0.131. The van der Waals surface area contributed by atoms with E-state index < -0.39 is 0 Å². The van der Waals surface area contributed by atoms with Crippen molar-refractivity contribution in [3.63, 3.8) is 0 Å². The summed E-state index contributed by atoms with van der Waals surface area (Å²) in [5.41, 5.74) is 1.11. The van der Waals surface area contributed by atoms with Crippen LogP contribution in [0.2, 0.25) is 5.02 Å². The summed E-state index contributed by atoms with van der Waals surface area (Å²) < 4.78 is 0. The van der Waals surface area contributed by atoms with Gasteiger partial charge in [-0.25, -0.2) is 0 Å². The molecule has 7 heteroatoms. The van der Waals surface area contributed by atoms with Crippen molar-refractivity contribution in [3.8, 4) is 0 Å². The smallest absolute Gasteiger partial charge is 0.240 e. The van der Waals surface area contributed by atoms with Crippen LogP contribution in [0.15, 0.2) is 24.3 Å². The normalized spacial score (nSPS) is 23.0. The van der Waals surface area contributed by atoms with E-state index in [4.69, 9.17) is 11.6 Å². The number of thioether (sulfide) groups is 1. The molecule has 0 aliphatic carbocycles. The Hall–Kier alpha value is -1.24. The van der Waals surface area contributed by atoms with Crippen LogP contribution in [0.4, 0.5) is 0 Å². The monoisotopic (exact) mass is 381 g/mol. The van der Waals surface area contributed by atoms with Crippen molar-refractivity contribution in [1.82, 2.24) is 15.5 Å². The first kappa shape index (κ1) is 18.5. The van der Waals surface area contributed by atoms with Crippen LogP contribution in [0.3, 0.4) is 0 Å². The molecule has 0 bridgehead atoms. The van der Waals surface area contributed by atoms with Crippen LogP contribution in [-0.2, 0) is 16.0 Å². The number of aryl methyl sites for hydroxylation is 1. The Morgan fingerprint density at radius 2 is 2.12 bits per heavy atom. The molecule has 0 saturated carbocycles. The number of carbonyl (C=O) groups is 2. The van der Waals surface area contributed by atoms with Crippen molar-refractivity contribution < 1.29 is 9.59 Å². The Bertz CT molecular complexity index is 605. The van der Waals surface area contributed by atoms with E-state index in [0.717, 1.165) is 36.7 Å². The molecule has 1 aromatic rings. The topological polar surface area (TPSA) is 61.4 Å². The number of rotatable bonds is 6. The lowest BCUT2D eigenvalue weighted by atomic mass is 10.0. The molecule has 2 aliphatic heterocycles. The minimum atomic E-state index is -0.0883. The van der Waals surface area contributed by atoms with Gasteiger partial charge in [0.15, 0.2) is 0 Å². The lowest BCUT2D eigenvalue weighted by Crippen LogP contribution is -2.42. The highest BCUT2D eigenvalue weighted by Gasteiger charge is 2.33. The summed E-state index contributed by atoms with van der Waals surface area (Å²) >= 11 is 7.66. The molecule has 2 atom stereocenters. The van der Waals surface area contributed by atoms with Gasteiger partial charge in [-0.05, 0) is 36.5 Å². The van der Waals surface area contributed by atoms with E-state index in [-0.39, 0.29) is 17.9 Å². The minimum Gasteiger partial charge on any atom is -0.356 e. The fraction of sp³-hybridized carbons (Fsp3) is 0.556. The van der Waals surface area contributed by atoms with Crippen LogP contribution in [0.5, 0.6) is 0 Å². The largest absolute Gasteiger partial charge is 0.356 e. The van der Waals surface area contributed by atoms with Gasteiger partial charge in [-0.15, -0.1) is 11.8 Å². The van der Waals surface area contributed by atoms with Crippen molar-refractivity contribution in [3.05, 3.63) is 34.9 Å². The predicted molar refractivity (Wildman–Crippen MR) is 102 cm³/mol. The van der Waals surface area contributed by atoms with Gasteiger partial charge in [0.2, 0.25) is 11.8 Å². The van der Waals surface area contributed by atoms with Crippen LogP contribution in [0.25, 0.3) is 0 Å². The van der Waals surface area contributed by atoms with Crippen molar-refractivity contribution in [2.45, 2.75) is 25.3 Å². The quantitative estimate of drug-likeness (QED) is 0.790. The van der Waals surface area contributed by atoms with E-state index in [0.29, 0.717) is 30.3 Å². The average Bonchev–Trinajstić information content (AvgIpc) is 3.30. The van der Waals surface area contributed by atoms with Gasteiger partial charge in [0, 0.05) is 36.8 Å². The number of nitrogens with one attached hydrogen (secondary N) is 2. The molecule has 0 aromatic heterocycles. The van der Waals surface area contributed by atoms with Gasteiger partial charge < -0.3 is 15.5 Å². The maximum Gasteiger partial charge on any atom is 0.240 e. The first-order chi connectivity index (χ1) is 12.1. The Labute approximate surface area is 157 Å². The van der Waals surface area contributed by atoms with E-state index in [2.05, 4.69) is 10.6 Å². The Morgan fingerprint density at radius 3 is 2.84 bits per heavy atom. The maximum absolute atomic E-state index is 12.4. The Balaban J connectivity index is 1.35. The third-order valence-corrected chi connectivity index (χ3v) is 5.94. The number of carbonyl (C=O) groups excluding carboxylic acids is 2. The molecule has 5 nitrogen and oxygen atoms in total. The Kier molecular flexibility index (Phi) is 6.62. The molecule has 136 valence electrons. The van der Waals surface area contributed by atoms with Crippen molar-refractivity contribution >= 4 is 35.2 Å². The van der Waals surface area contributed by atoms with E-state index in [9.17, 15) is 9.59 Å². The second-order valence-corrected chi connectivity index (χ2v) is 8.14. The van der Waals surface area contributed by atoms with E-state index in [1.165, 1.54) is 0 Å². The number of halogens is 1. The van der Waals surface area contributed by atoms with Gasteiger partial charge in [-0.3, -0.25) is 9.59 Å². The molecule has 25 heavy (non-hydrogen) atoms. The summed E-state index contributed by atoms with van der Waals surface area (Å²) in [5.74, 6) is 2.43. The number of hydrogen-bond donors (Lipinski definition) is 2. The summed E-state index contributed by atoms with van der Waals surface area (Å²) in [5, 5.41) is 7.01. The zero-order chi connectivity index (χ0) is 17.6. The first-order valence-corrected chi connectivity index (χ1v) is 10.3. The van der Waals surface area contributed by atoms with E-state index in [1.54, 1.807) is 11.8 Å². The summed E-state index contributed by atoms with van der Waals surface area (Å²) in [7, 11) is 0. The third kappa shape index (κ3) is 5.36. The predicted octanol–water partition coefficient (Wildman–Crippen LogP) is 1.90. The molecule has 0 radical (unpaired) electrons. The van der Waals surface area contributed by atoms with Crippen molar-refractivity contribution in [2.24, 2.45) is 5.92 Å². The molecule has 0 spiro atoms. The number of amides is 2. The van der Waals surface area contributed by atoms with Gasteiger partial charge >= 0.3 is 0 Å². The standard InChI is InChI=1S/C18H24ClN3O2S/c19-15-4-1-13(2-5-15)3-6-17(23)21-11-14-9-16(20-10-14)18(24)22-7-8-25-12-22/h1-2,4-5,14,16,20H,3,6-12H2,(H,21,23)/t14-,16-/m0/s1. The van der Waals surface area contributed by atoms with E-state index >= 15 is 0 Å². The zero-order valence-corrected chi connectivity index (χ0v) is 15.7. The fourth-order valence-corrected chi connectivity index (χ4v) is 4.30. The van der Waals surface area contributed by atoms with Gasteiger partial charge in [0.25, 0.3) is 0 Å². The van der Waals surface area contributed by atoms with Crippen LogP contribution in [0.1, 0.15) is 18.4 Å². The summed E-state index contributed by atoms with van der Waals surface area (Å²) in [6, 6.07) is 7.49. The molecule has 2 aliphatic rings. The zero-order valence-electron chi connectivity index (χ0n) is 14.2. The molecule has 0 unspecified atom stereocenters. The van der Waals surface area contributed by atoms with Crippen LogP contribution in [0, 0.1) is 5.92 Å². The molecular weight excluding hydrogens is 358 g/mol. The average molecular weight is 382 g/mol. The maximum atomic E-state index is 12.4. The molecule has 3 rings (SSSR count). The third-order valence-electron chi connectivity index (χ3n) is 4.73. The lowest BCUT2D eigenvalue weighted by Gasteiger charge is -2.19. The molecule has 2 N–H and O–H groups in total. The summed E-state index contributed by atoms with van der Waals surface area (Å²) in [6.07, 6.45) is 1.98. The number of benzene rings is 1. The van der Waals surface area contributed by atoms with Crippen molar-refractivity contribution in [2.75, 3.05) is 31.3 Å². The molecule has 2 saturated heterocycles.